The Labute approximate surface area is 94.9 Å². The first kappa shape index (κ1) is 10.9. The first-order valence-electron chi connectivity index (χ1n) is 5.41. The van der Waals surface area contributed by atoms with Crippen molar-refractivity contribution in [1.82, 2.24) is 4.98 Å². The number of aryl methyl sites for hydroxylation is 1. The Morgan fingerprint density at radius 3 is 2.94 bits per heavy atom. The molecule has 0 amide bonds. The van der Waals surface area contributed by atoms with Crippen LogP contribution in [-0.2, 0) is 0 Å². The number of rotatable bonds is 4. The van der Waals surface area contributed by atoms with Crippen LogP contribution in [-0.4, -0.2) is 23.2 Å². The number of aliphatic hydroxyl groups is 1. The summed E-state index contributed by atoms with van der Waals surface area (Å²) in [6.45, 7) is 2.78. The number of aromatic nitrogens is 1. The van der Waals surface area contributed by atoms with Gasteiger partial charge in [-0.25, -0.2) is 4.98 Å². The minimum Gasteiger partial charge on any atom is -0.396 e. The number of nitrogens with one attached hydrogen (secondary N) is 1. The van der Waals surface area contributed by atoms with E-state index in [4.69, 9.17) is 5.26 Å². The number of nitriles is 1. The summed E-state index contributed by atoms with van der Waals surface area (Å²) in [6.07, 6.45) is 3.78. The average molecular weight is 217 g/mol. The van der Waals surface area contributed by atoms with Crippen molar-refractivity contribution in [2.24, 2.45) is 5.41 Å². The van der Waals surface area contributed by atoms with E-state index < -0.39 is 0 Å². The highest BCUT2D eigenvalue weighted by Crippen LogP contribution is 2.44. The highest BCUT2D eigenvalue weighted by atomic mass is 16.3. The van der Waals surface area contributed by atoms with Crippen LogP contribution in [0, 0.1) is 23.7 Å². The zero-order valence-corrected chi connectivity index (χ0v) is 9.32. The van der Waals surface area contributed by atoms with Gasteiger partial charge < -0.3 is 10.4 Å². The van der Waals surface area contributed by atoms with Gasteiger partial charge in [0.2, 0.25) is 0 Å². The maximum atomic E-state index is 9.19. The third-order valence-corrected chi connectivity index (χ3v) is 3.19. The Kier molecular flexibility index (Phi) is 2.80. The fraction of sp³-hybridized carbons (Fsp3) is 0.500. The van der Waals surface area contributed by atoms with Crippen LogP contribution >= 0.6 is 0 Å². The predicted molar refractivity (Wildman–Crippen MR) is 60.9 cm³/mol. The van der Waals surface area contributed by atoms with Gasteiger partial charge in [-0.05, 0) is 31.4 Å². The second-order valence-corrected chi connectivity index (χ2v) is 4.47. The quantitative estimate of drug-likeness (QED) is 0.800. The molecule has 0 aromatic carbocycles. The van der Waals surface area contributed by atoms with Crippen molar-refractivity contribution in [3.05, 3.63) is 23.4 Å². The van der Waals surface area contributed by atoms with Crippen molar-refractivity contribution >= 4 is 5.82 Å². The number of hydrogen-bond acceptors (Lipinski definition) is 4. The molecule has 1 aromatic rings. The van der Waals surface area contributed by atoms with E-state index in [1.165, 1.54) is 0 Å². The maximum absolute atomic E-state index is 9.19. The molecule has 4 heteroatoms. The average Bonchev–Trinajstić information content (AvgIpc) is 3.07. The normalized spacial score (nSPS) is 16.6. The van der Waals surface area contributed by atoms with E-state index in [2.05, 4.69) is 16.4 Å². The van der Waals surface area contributed by atoms with Gasteiger partial charge in [0.15, 0.2) is 0 Å². The van der Waals surface area contributed by atoms with Crippen molar-refractivity contribution in [3.63, 3.8) is 0 Å². The molecule has 1 aromatic heterocycles. The van der Waals surface area contributed by atoms with Crippen molar-refractivity contribution in [2.45, 2.75) is 19.8 Å². The van der Waals surface area contributed by atoms with Crippen LogP contribution in [0.2, 0.25) is 0 Å². The van der Waals surface area contributed by atoms with Crippen LogP contribution in [0.1, 0.15) is 24.0 Å². The SMILES string of the molecule is Cc1ccnc(NCC2(CO)CC2)c1C#N. The maximum Gasteiger partial charge on any atom is 0.144 e. The van der Waals surface area contributed by atoms with Crippen molar-refractivity contribution < 1.29 is 5.11 Å². The smallest absolute Gasteiger partial charge is 0.144 e. The van der Waals surface area contributed by atoms with Crippen LogP contribution < -0.4 is 5.32 Å². The van der Waals surface area contributed by atoms with E-state index in [9.17, 15) is 5.11 Å². The van der Waals surface area contributed by atoms with Gasteiger partial charge in [-0.1, -0.05) is 0 Å². The number of pyridine rings is 1. The largest absolute Gasteiger partial charge is 0.396 e. The van der Waals surface area contributed by atoms with Gasteiger partial charge >= 0.3 is 0 Å². The van der Waals surface area contributed by atoms with Crippen molar-refractivity contribution in [2.75, 3.05) is 18.5 Å². The minimum atomic E-state index is 0.0259. The molecular formula is C12H15N3O. The highest BCUT2D eigenvalue weighted by molar-refractivity contribution is 5.55. The lowest BCUT2D eigenvalue weighted by atomic mass is 10.1. The predicted octanol–water partition coefficient (Wildman–Crippen LogP) is 1.45. The summed E-state index contributed by atoms with van der Waals surface area (Å²) in [4.78, 5) is 4.16. The summed E-state index contributed by atoms with van der Waals surface area (Å²) in [5.74, 6) is 0.627. The first-order valence-corrected chi connectivity index (χ1v) is 5.41. The zero-order chi connectivity index (χ0) is 11.6. The van der Waals surface area contributed by atoms with E-state index in [1.54, 1.807) is 6.20 Å². The van der Waals surface area contributed by atoms with E-state index in [-0.39, 0.29) is 12.0 Å². The second-order valence-electron chi connectivity index (χ2n) is 4.47. The van der Waals surface area contributed by atoms with Gasteiger partial charge in [0, 0.05) is 18.2 Å². The summed E-state index contributed by atoms with van der Waals surface area (Å²) in [7, 11) is 0. The van der Waals surface area contributed by atoms with Gasteiger partial charge in [0.25, 0.3) is 0 Å². The second kappa shape index (κ2) is 4.11. The number of anilines is 1. The molecule has 16 heavy (non-hydrogen) atoms. The molecule has 2 N–H and O–H groups in total. The van der Waals surface area contributed by atoms with E-state index in [0.717, 1.165) is 18.4 Å². The van der Waals surface area contributed by atoms with E-state index >= 15 is 0 Å². The number of hydrogen-bond donors (Lipinski definition) is 2. The molecule has 84 valence electrons. The standard InChI is InChI=1S/C12H15N3O/c1-9-2-5-14-11(10(9)6-13)15-7-12(8-16)3-4-12/h2,5,16H,3-4,7-8H2,1H3,(H,14,15). The number of nitrogens with zero attached hydrogens (tertiary/aromatic N) is 2. The zero-order valence-electron chi connectivity index (χ0n) is 9.32. The molecule has 0 saturated heterocycles. The molecule has 0 radical (unpaired) electrons. The van der Waals surface area contributed by atoms with Crippen LogP contribution in [0.5, 0.6) is 0 Å². The lowest BCUT2D eigenvalue weighted by molar-refractivity contribution is 0.219. The van der Waals surface area contributed by atoms with Gasteiger partial charge in [-0.3, -0.25) is 0 Å². The highest BCUT2D eigenvalue weighted by Gasteiger charge is 2.41. The third kappa shape index (κ3) is 2.00. The Bertz CT molecular complexity index is 432. The molecule has 1 aliphatic rings. The monoisotopic (exact) mass is 217 g/mol. The fourth-order valence-corrected chi connectivity index (χ4v) is 1.67. The summed E-state index contributed by atoms with van der Waals surface area (Å²) in [5.41, 5.74) is 1.54. The van der Waals surface area contributed by atoms with E-state index in [1.807, 2.05) is 13.0 Å². The van der Waals surface area contributed by atoms with E-state index in [0.29, 0.717) is 17.9 Å². The Hall–Kier alpha value is -1.60. The summed E-state index contributed by atoms with van der Waals surface area (Å²) >= 11 is 0. The summed E-state index contributed by atoms with van der Waals surface area (Å²) in [6, 6.07) is 3.97. The summed E-state index contributed by atoms with van der Waals surface area (Å²) < 4.78 is 0. The molecule has 0 unspecified atom stereocenters. The molecule has 1 fully saturated rings. The summed E-state index contributed by atoms with van der Waals surface area (Å²) in [5, 5.41) is 21.4. The first-order chi connectivity index (χ1) is 7.71. The molecule has 0 spiro atoms. The molecule has 0 atom stereocenters. The lowest BCUT2D eigenvalue weighted by Gasteiger charge is -2.14. The molecule has 0 aliphatic heterocycles. The molecule has 1 saturated carbocycles. The number of aliphatic hydroxyl groups excluding tert-OH is 1. The Morgan fingerprint density at radius 1 is 1.62 bits per heavy atom. The molecule has 1 heterocycles. The van der Waals surface area contributed by atoms with Crippen LogP contribution in [0.3, 0.4) is 0 Å². The Morgan fingerprint density at radius 2 is 2.38 bits per heavy atom. The Balaban J connectivity index is 2.10. The molecule has 1 aliphatic carbocycles. The van der Waals surface area contributed by atoms with Gasteiger partial charge in [0.05, 0.1) is 12.2 Å². The van der Waals surface area contributed by atoms with Crippen LogP contribution in [0.4, 0.5) is 5.82 Å². The third-order valence-electron chi connectivity index (χ3n) is 3.19. The van der Waals surface area contributed by atoms with Crippen LogP contribution in [0.15, 0.2) is 12.3 Å². The van der Waals surface area contributed by atoms with Crippen molar-refractivity contribution in [1.29, 1.82) is 5.26 Å². The minimum absolute atomic E-state index is 0.0259. The molecule has 2 rings (SSSR count). The lowest BCUT2D eigenvalue weighted by Crippen LogP contribution is -2.20. The fourth-order valence-electron chi connectivity index (χ4n) is 1.67. The van der Waals surface area contributed by atoms with Gasteiger partial charge in [0.1, 0.15) is 11.9 Å². The molecule has 0 bridgehead atoms. The molecular weight excluding hydrogens is 202 g/mol. The van der Waals surface area contributed by atoms with Crippen LogP contribution in [0.25, 0.3) is 0 Å². The van der Waals surface area contributed by atoms with Crippen molar-refractivity contribution in [3.8, 4) is 6.07 Å². The van der Waals surface area contributed by atoms with Gasteiger partial charge in [-0.2, -0.15) is 5.26 Å². The van der Waals surface area contributed by atoms with Gasteiger partial charge in [-0.15, -0.1) is 0 Å². The topological polar surface area (TPSA) is 68.9 Å². The molecule has 4 nitrogen and oxygen atoms in total.